The van der Waals surface area contributed by atoms with Crippen LogP contribution in [0.25, 0.3) is 22.8 Å². The van der Waals surface area contributed by atoms with Crippen LogP contribution in [0.1, 0.15) is 59.3 Å². The molecule has 0 bridgehead atoms. The average molecular weight is 921 g/mol. The molecule has 2 aromatic carbocycles. The van der Waals surface area contributed by atoms with Crippen molar-refractivity contribution in [1.29, 1.82) is 10.8 Å². The molecule has 0 saturated carbocycles. The summed E-state index contributed by atoms with van der Waals surface area (Å²) in [5, 5.41) is 12.0. The second kappa shape index (κ2) is 23.3. The second-order valence-electron chi connectivity index (χ2n) is 12.1. The predicted molar refractivity (Wildman–Crippen MR) is 217 cm³/mol. The average Bonchev–Trinajstić information content (AvgIpc) is 3.95. The third-order valence-electron chi connectivity index (χ3n) is 8.45. The van der Waals surface area contributed by atoms with Crippen molar-refractivity contribution in [1.82, 2.24) is 19.1 Å². The summed E-state index contributed by atoms with van der Waals surface area (Å²) >= 11 is -0.121. The Morgan fingerprint density at radius 1 is 0.635 bits per heavy atom. The molecule has 0 radical (unpaired) electrons. The fourth-order valence-electron chi connectivity index (χ4n) is 5.75. The van der Waals surface area contributed by atoms with Crippen LogP contribution >= 0.6 is 22.6 Å². The number of benzene rings is 2. The fraction of sp³-hybridized carbons (Fsp3) is 0.300. The van der Waals surface area contributed by atoms with Crippen molar-refractivity contribution in [2.24, 2.45) is 0 Å². The normalized spacial score (nSPS) is 10.5. The standard InChI is InChI=1S/C14H10N2O2.C11H8INO.3C4H9.C3H2NO.N2.Sn/c17-13-7-6-11(14-15-8-9-18-14)10-16(13)12-4-2-1-3-5-12;12-9-6-7-11(14)13(8-9)10-4-2-1-3-5-10;3*1-3-4-2;1-2-5-3-4-1;1-2;/h1-10H;1-8H;3*1,3-4H2,2H3;1-2H;;. The van der Waals surface area contributed by atoms with Gasteiger partial charge in [0.05, 0.1) is 11.8 Å². The molecular weight excluding hydrogens is 874 g/mol. The number of aromatic nitrogens is 4. The molecule has 0 aliphatic carbocycles. The largest absolute Gasteiger partial charge is 0.444 e. The number of oxazole rings is 2. The molecule has 10 nitrogen and oxygen atoms in total. The maximum atomic E-state index is 11.9. The van der Waals surface area contributed by atoms with Gasteiger partial charge in [-0.05, 0) is 59.0 Å². The summed E-state index contributed by atoms with van der Waals surface area (Å²) in [6, 6.07) is 25.6. The number of hydrogen-bond acceptors (Lipinski definition) is 8. The first kappa shape index (κ1) is 42.1. The first-order chi connectivity index (χ1) is 25.4. The Labute approximate surface area is 323 Å². The monoisotopic (exact) mass is 922 g/mol. The molecule has 4 aromatic heterocycles. The second-order valence-corrected chi connectivity index (χ2v) is 26.2. The maximum absolute atomic E-state index is 11.9. The molecule has 0 amide bonds. The van der Waals surface area contributed by atoms with Crippen LogP contribution in [0.3, 0.4) is 0 Å². The number of para-hydroxylation sites is 2. The molecule has 0 aliphatic heterocycles. The third-order valence-corrected chi connectivity index (χ3v) is 23.6. The van der Waals surface area contributed by atoms with E-state index in [1.807, 2.05) is 79.1 Å². The Balaban J connectivity index is 0.000000207. The van der Waals surface area contributed by atoms with Crippen LogP contribution in [0.5, 0.6) is 0 Å². The summed E-state index contributed by atoms with van der Waals surface area (Å²) in [5.41, 5.74) is 2.39. The molecule has 0 N–H and O–H groups in total. The number of hydrogen-bond donors (Lipinski definition) is 0. The van der Waals surface area contributed by atoms with Gasteiger partial charge in [-0.25, -0.2) is 4.98 Å². The molecule has 0 fully saturated rings. The van der Waals surface area contributed by atoms with Crippen LogP contribution in [0.4, 0.5) is 0 Å². The van der Waals surface area contributed by atoms with E-state index in [2.05, 4.69) is 53.3 Å². The van der Waals surface area contributed by atoms with E-state index in [0.717, 1.165) is 20.5 Å². The zero-order valence-corrected chi connectivity index (χ0v) is 35.1. The van der Waals surface area contributed by atoms with Crippen molar-refractivity contribution in [3.05, 3.63) is 147 Å². The minimum absolute atomic E-state index is 0.00313. The Bertz CT molecular complexity index is 1960. The molecule has 0 unspecified atom stereocenters. The van der Waals surface area contributed by atoms with Crippen LogP contribution in [0.2, 0.25) is 13.3 Å². The van der Waals surface area contributed by atoms with Gasteiger partial charge in [-0.1, -0.05) is 36.4 Å². The molecule has 0 saturated heterocycles. The van der Waals surface area contributed by atoms with Gasteiger partial charge in [0, 0.05) is 50.3 Å². The first-order valence-electron chi connectivity index (χ1n) is 17.6. The Hall–Kier alpha value is -4.29. The van der Waals surface area contributed by atoms with Gasteiger partial charge >= 0.3 is 117 Å². The Morgan fingerprint density at radius 2 is 1.12 bits per heavy atom. The summed E-state index contributed by atoms with van der Waals surface area (Å²) in [6.07, 6.45) is 18.3. The summed E-state index contributed by atoms with van der Waals surface area (Å²) < 4.78 is 20.8. The van der Waals surface area contributed by atoms with E-state index in [1.54, 1.807) is 39.9 Å². The number of halogens is 1. The molecule has 0 spiro atoms. The molecule has 0 aliphatic rings. The summed E-state index contributed by atoms with van der Waals surface area (Å²) in [5.74, 6) is 0.500. The van der Waals surface area contributed by atoms with E-state index >= 15 is 0 Å². The van der Waals surface area contributed by atoms with Gasteiger partial charge in [0.25, 0.3) is 11.1 Å². The van der Waals surface area contributed by atoms with Gasteiger partial charge in [-0.3, -0.25) is 18.7 Å². The van der Waals surface area contributed by atoms with E-state index in [-0.39, 0.29) is 11.1 Å². The zero-order chi connectivity index (χ0) is 37.6. The number of nitrogens with zero attached hydrogens (tertiary/aromatic N) is 6. The van der Waals surface area contributed by atoms with Crippen molar-refractivity contribution >= 4 is 44.9 Å². The van der Waals surface area contributed by atoms with Crippen molar-refractivity contribution in [3.8, 4) is 22.8 Å². The zero-order valence-electron chi connectivity index (χ0n) is 30.1. The maximum Gasteiger partial charge on any atom is 0.255 e. The summed E-state index contributed by atoms with van der Waals surface area (Å²) in [7, 11) is 0. The van der Waals surface area contributed by atoms with Crippen LogP contribution in [0, 0.1) is 14.4 Å². The third kappa shape index (κ3) is 12.7. The number of unbranched alkanes of at least 4 members (excludes halogenated alkanes) is 3. The molecular formula is C40H47IN6O4Sn. The van der Waals surface area contributed by atoms with Gasteiger partial charge in [0.1, 0.15) is 6.26 Å². The van der Waals surface area contributed by atoms with E-state index in [1.165, 1.54) is 68.1 Å². The minimum Gasteiger partial charge on any atom is -0.444 e. The van der Waals surface area contributed by atoms with Crippen molar-refractivity contribution < 1.29 is 8.83 Å². The van der Waals surface area contributed by atoms with Crippen molar-refractivity contribution in [3.63, 3.8) is 0 Å². The number of pyridine rings is 2. The van der Waals surface area contributed by atoms with E-state index < -0.39 is 18.4 Å². The molecule has 6 aromatic rings. The predicted octanol–water partition coefficient (Wildman–Crippen LogP) is 9.70. The molecule has 272 valence electrons. The van der Waals surface area contributed by atoms with Gasteiger partial charge in [-0.15, -0.1) is 0 Å². The molecule has 6 rings (SSSR count). The van der Waals surface area contributed by atoms with Gasteiger partial charge < -0.3 is 4.42 Å². The molecule has 0 atom stereocenters. The first-order valence-corrected chi connectivity index (χ1v) is 26.2. The van der Waals surface area contributed by atoms with Crippen molar-refractivity contribution in [2.75, 3.05) is 0 Å². The van der Waals surface area contributed by atoms with Gasteiger partial charge in [0.15, 0.2) is 0 Å². The van der Waals surface area contributed by atoms with Gasteiger partial charge in [-0.2, -0.15) is 0 Å². The molecule has 4 heterocycles. The van der Waals surface area contributed by atoms with Crippen LogP contribution in [-0.2, 0) is 0 Å². The quantitative estimate of drug-likeness (QED) is 0.0633. The molecule has 52 heavy (non-hydrogen) atoms. The fourth-order valence-corrected chi connectivity index (χ4v) is 20.9. The Kier molecular flexibility index (Phi) is 18.9. The Morgan fingerprint density at radius 3 is 1.58 bits per heavy atom. The summed E-state index contributed by atoms with van der Waals surface area (Å²) in [6.45, 7) is 6.89. The van der Waals surface area contributed by atoms with Crippen molar-refractivity contribution in [2.45, 2.75) is 72.6 Å². The van der Waals surface area contributed by atoms with E-state index in [9.17, 15) is 9.59 Å². The topological polar surface area (TPSA) is 144 Å². The minimum atomic E-state index is -2.31. The molecule has 12 heteroatoms. The van der Waals surface area contributed by atoms with E-state index in [4.69, 9.17) is 19.6 Å². The van der Waals surface area contributed by atoms with Crippen LogP contribution < -0.4 is 15.0 Å². The number of rotatable bonds is 13. The summed E-state index contributed by atoms with van der Waals surface area (Å²) in [4.78, 5) is 32.0. The van der Waals surface area contributed by atoms with Crippen LogP contribution in [-0.4, -0.2) is 37.5 Å². The SMILES string of the molecule is CCC[CH2][Sn]([CH2]CCC)([CH2]CCC)[c]1ncco1.N#N.O=c1ccc(-c2ncco2)cn1-c1ccccc1.O=c1ccc(I)cn1-c1ccccc1. The van der Waals surface area contributed by atoms with Gasteiger partial charge in [0.2, 0.25) is 5.89 Å². The smallest absolute Gasteiger partial charge is 0.255 e. The van der Waals surface area contributed by atoms with Crippen LogP contribution in [0.15, 0.2) is 141 Å². The van der Waals surface area contributed by atoms with E-state index in [0.29, 0.717) is 5.89 Å².